The summed E-state index contributed by atoms with van der Waals surface area (Å²) in [5.41, 5.74) is 13.0. The van der Waals surface area contributed by atoms with E-state index in [0.717, 1.165) is 24.3 Å². The zero-order chi connectivity index (χ0) is 24.5. The number of amides is 2. The van der Waals surface area contributed by atoms with Crippen LogP contribution in [0.4, 0.5) is 49.1 Å². The highest BCUT2D eigenvalue weighted by atomic mass is 19.4. The van der Waals surface area contributed by atoms with Crippen molar-refractivity contribution >= 4 is 34.6 Å². The number of benzene rings is 2. The fourth-order valence-corrected chi connectivity index (χ4v) is 1.63. The van der Waals surface area contributed by atoms with Gasteiger partial charge in [-0.1, -0.05) is 0 Å². The first-order valence-corrected chi connectivity index (χ1v) is 8.06. The van der Waals surface area contributed by atoms with Gasteiger partial charge in [0.2, 0.25) is 0 Å². The van der Waals surface area contributed by atoms with Crippen molar-refractivity contribution in [2.24, 2.45) is 0 Å². The summed E-state index contributed by atoms with van der Waals surface area (Å²) in [4.78, 5) is 30.4. The van der Waals surface area contributed by atoms with Crippen molar-refractivity contribution < 1.29 is 40.9 Å². The van der Waals surface area contributed by atoms with Gasteiger partial charge in [-0.05, 0) is 36.4 Å². The van der Waals surface area contributed by atoms with Crippen molar-refractivity contribution in [3.8, 4) is 0 Å². The molecule has 174 valence electrons. The Bertz CT molecular complexity index is 932. The zero-order valence-corrected chi connectivity index (χ0v) is 15.5. The summed E-state index contributed by atoms with van der Waals surface area (Å²) in [6.45, 7) is 0. The molecule has 16 heteroatoms. The van der Waals surface area contributed by atoms with Crippen molar-refractivity contribution in [3.63, 3.8) is 0 Å². The van der Waals surface area contributed by atoms with Crippen molar-refractivity contribution in [2.75, 3.05) is 16.6 Å². The highest BCUT2D eigenvalue weighted by Crippen LogP contribution is 2.17. The lowest BCUT2D eigenvalue weighted by Crippen LogP contribution is -2.40. The van der Waals surface area contributed by atoms with Crippen LogP contribution in [-0.2, 0) is 9.59 Å². The van der Waals surface area contributed by atoms with Gasteiger partial charge in [0.05, 0.1) is 16.3 Å². The zero-order valence-electron chi connectivity index (χ0n) is 15.5. The number of hydrogen-bond donors (Lipinski definition) is 5. The molecule has 2 amide bonds. The molecular formula is C16H14F6N6O4. The molecule has 0 spiro atoms. The second kappa shape index (κ2) is 10.7. The smallest absolute Gasteiger partial charge is 0.399 e. The number of hydrazine groups is 2. The molecule has 2 aromatic carbocycles. The van der Waals surface area contributed by atoms with Gasteiger partial charge in [-0.25, -0.2) is 0 Å². The van der Waals surface area contributed by atoms with Crippen LogP contribution in [-0.4, -0.2) is 29.1 Å². The van der Waals surface area contributed by atoms with Crippen LogP contribution < -0.4 is 27.4 Å². The number of alkyl halides is 6. The third-order valence-corrected chi connectivity index (χ3v) is 3.14. The molecule has 0 atom stereocenters. The summed E-state index contributed by atoms with van der Waals surface area (Å²) in [6.07, 6.45) is -9.89. The van der Waals surface area contributed by atoms with Crippen LogP contribution in [0.1, 0.15) is 0 Å². The predicted molar refractivity (Wildman–Crippen MR) is 99.6 cm³/mol. The number of carbonyl (C=O) groups is 2. The first-order chi connectivity index (χ1) is 14.7. The molecule has 2 rings (SSSR count). The summed E-state index contributed by atoms with van der Waals surface area (Å²) in [7, 11) is 0. The van der Waals surface area contributed by atoms with Gasteiger partial charge in [0, 0.05) is 17.8 Å². The maximum absolute atomic E-state index is 11.8. The van der Waals surface area contributed by atoms with E-state index in [9.17, 15) is 46.0 Å². The third-order valence-electron chi connectivity index (χ3n) is 3.14. The fourth-order valence-electron chi connectivity index (χ4n) is 1.63. The number of nitrogens with two attached hydrogens (primary N) is 1. The van der Waals surface area contributed by atoms with Crippen LogP contribution in [0.5, 0.6) is 0 Å². The maximum atomic E-state index is 11.8. The second-order valence-corrected chi connectivity index (χ2v) is 5.58. The molecular weight excluding hydrogens is 454 g/mol. The monoisotopic (exact) mass is 468 g/mol. The van der Waals surface area contributed by atoms with Crippen LogP contribution in [0, 0.1) is 10.1 Å². The number of non-ortho nitro benzene ring substituents is 1. The molecule has 32 heavy (non-hydrogen) atoms. The topological polar surface area (TPSA) is 151 Å². The highest BCUT2D eigenvalue weighted by molar-refractivity contribution is 5.83. The molecule has 0 unspecified atom stereocenters. The summed E-state index contributed by atoms with van der Waals surface area (Å²) in [5.74, 6) is -4.21. The van der Waals surface area contributed by atoms with Crippen LogP contribution in [0.15, 0.2) is 48.5 Å². The number of carbonyl (C=O) groups excluding carboxylic acids is 2. The van der Waals surface area contributed by atoms with E-state index in [4.69, 9.17) is 5.73 Å². The molecule has 0 aromatic heterocycles. The summed E-state index contributed by atoms with van der Waals surface area (Å²) in [6, 6.07) is 10.3. The molecule has 0 saturated heterocycles. The largest absolute Gasteiger partial charge is 0.472 e. The lowest BCUT2D eigenvalue weighted by molar-refractivity contribution is -0.384. The molecule has 6 N–H and O–H groups in total. The van der Waals surface area contributed by atoms with E-state index in [2.05, 4.69) is 5.43 Å². The van der Waals surface area contributed by atoms with Gasteiger partial charge in [-0.15, -0.1) is 0 Å². The fraction of sp³-hybridized carbons (Fsp3) is 0.125. The predicted octanol–water partition coefficient (Wildman–Crippen LogP) is 2.87. The first-order valence-electron chi connectivity index (χ1n) is 8.06. The van der Waals surface area contributed by atoms with Crippen molar-refractivity contribution in [2.45, 2.75) is 12.4 Å². The van der Waals surface area contributed by atoms with Gasteiger partial charge in [0.15, 0.2) is 0 Å². The van der Waals surface area contributed by atoms with Gasteiger partial charge in [0.25, 0.3) is 5.69 Å². The number of nitro groups is 1. The van der Waals surface area contributed by atoms with E-state index >= 15 is 0 Å². The Balaban J connectivity index is 0.000000323. The van der Waals surface area contributed by atoms with Crippen molar-refractivity contribution in [1.29, 1.82) is 0 Å². The van der Waals surface area contributed by atoms with Crippen molar-refractivity contribution in [1.82, 2.24) is 10.9 Å². The summed E-state index contributed by atoms with van der Waals surface area (Å²) >= 11 is 0. The third kappa shape index (κ3) is 9.06. The average Bonchev–Trinajstić information content (AvgIpc) is 2.70. The highest BCUT2D eigenvalue weighted by Gasteiger charge is 2.39. The number of hydrogen-bond acceptors (Lipinski definition) is 7. The molecule has 0 radical (unpaired) electrons. The molecule has 0 aliphatic heterocycles. The maximum Gasteiger partial charge on any atom is 0.472 e. The minimum absolute atomic E-state index is 0.0909. The Morgan fingerprint density at radius 1 is 0.750 bits per heavy atom. The van der Waals surface area contributed by atoms with E-state index < -0.39 is 29.1 Å². The van der Waals surface area contributed by atoms with Crippen LogP contribution in [0.25, 0.3) is 0 Å². The standard InChI is InChI=1S/C8H6F3N3O3.C8H8F3N3O/c9-8(10,11)7(15)13-12-5-1-3-6(4-2-5)14(16)17;9-8(10,11)7(15)14-13-6-3-1-5(12)2-4-6/h1-4,12H,(H,13,15);1-4,13H,12H2,(H,14,15). The SMILES string of the molecule is Nc1ccc(NNC(=O)C(F)(F)F)cc1.O=C(NNc1ccc([N+](=O)[O-])cc1)C(F)(F)F. The summed E-state index contributed by atoms with van der Waals surface area (Å²) < 4.78 is 70.6. The van der Waals surface area contributed by atoms with Gasteiger partial charge in [0.1, 0.15) is 0 Å². The number of nitrogen functional groups attached to an aromatic ring is 1. The molecule has 0 fully saturated rings. The number of anilines is 3. The molecule has 0 heterocycles. The van der Waals surface area contributed by atoms with Crippen LogP contribution >= 0.6 is 0 Å². The molecule has 0 aliphatic rings. The number of nitro benzene ring substituents is 1. The lowest BCUT2D eigenvalue weighted by Gasteiger charge is -2.10. The molecule has 0 bridgehead atoms. The molecule has 10 nitrogen and oxygen atoms in total. The first kappa shape index (κ1) is 25.8. The minimum Gasteiger partial charge on any atom is -0.399 e. The Hall–Kier alpha value is -4.24. The van der Waals surface area contributed by atoms with E-state index in [0.29, 0.717) is 11.4 Å². The number of nitrogens with zero attached hydrogens (tertiary/aromatic N) is 1. The molecule has 2 aromatic rings. The van der Waals surface area contributed by atoms with Crippen LogP contribution in [0.2, 0.25) is 0 Å². The average molecular weight is 468 g/mol. The Morgan fingerprint density at radius 3 is 1.41 bits per heavy atom. The van der Waals surface area contributed by atoms with E-state index in [1.54, 1.807) is 0 Å². The van der Waals surface area contributed by atoms with Crippen LogP contribution in [0.3, 0.4) is 0 Å². The Labute approximate surface area is 174 Å². The van der Waals surface area contributed by atoms with Gasteiger partial charge in [-0.2, -0.15) is 26.3 Å². The van der Waals surface area contributed by atoms with E-state index in [1.807, 2.05) is 5.43 Å². The minimum atomic E-state index is -4.99. The van der Waals surface area contributed by atoms with Gasteiger partial charge < -0.3 is 5.73 Å². The molecule has 0 aliphatic carbocycles. The van der Waals surface area contributed by atoms with E-state index in [1.165, 1.54) is 35.1 Å². The Kier molecular flexibility index (Phi) is 8.62. The second-order valence-electron chi connectivity index (χ2n) is 5.58. The quantitative estimate of drug-likeness (QED) is 0.196. The number of nitrogens with one attached hydrogen (secondary N) is 4. The van der Waals surface area contributed by atoms with E-state index in [-0.39, 0.29) is 11.4 Å². The number of halogens is 6. The molecule has 0 saturated carbocycles. The normalized spacial score (nSPS) is 10.8. The number of rotatable bonds is 5. The van der Waals surface area contributed by atoms with Crippen molar-refractivity contribution in [3.05, 3.63) is 58.6 Å². The lowest BCUT2D eigenvalue weighted by atomic mass is 10.3. The Morgan fingerprint density at radius 2 is 1.09 bits per heavy atom. The summed E-state index contributed by atoms with van der Waals surface area (Å²) in [5, 5.41) is 10.3. The van der Waals surface area contributed by atoms with Gasteiger partial charge >= 0.3 is 24.2 Å². The van der Waals surface area contributed by atoms with Gasteiger partial charge in [-0.3, -0.25) is 41.4 Å².